The third kappa shape index (κ3) is 4.52. The minimum Gasteiger partial charge on any atom is -0.461 e. The van der Waals surface area contributed by atoms with Crippen LogP contribution < -0.4 is 9.64 Å². The number of β-amino-alcohol motifs (C(OH)–C–C–N with tert-alkyl or cyclic N) is 1. The summed E-state index contributed by atoms with van der Waals surface area (Å²) in [4.78, 5) is 17.9. The van der Waals surface area contributed by atoms with Gasteiger partial charge in [0.25, 0.3) is 0 Å². The third-order valence-corrected chi connectivity index (χ3v) is 9.81. The van der Waals surface area contributed by atoms with E-state index in [1.165, 1.54) is 12.3 Å². The number of aliphatic hydroxyl groups is 1. The van der Waals surface area contributed by atoms with Gasteiger partial charge in [0.15, 0.2) is 5.82 Å². The number of aromatic amines is 1. The summed E-state index contributed by atoms with van der Waals surface area (Å²) in [5.41, 5.74) is -0.0767. The Morgan fingerprint density at radius 1 is 1.12 bits per heavy atom. The SMILES string of the molecule is C[C@@]1(O)CCCN(c2nc(OC[C@@]34CCCN3C[C@H](F)C4)nc3c(F)c(-c4c(C5CC5)c(F)cc5[nH]ncc45)ncc23)C1. The first-order chi connectivity index (χ1) is 20.7. The second-order valence-corrected chi connectivity index (χ2v) is 13.2. The lowest BCUT2D eigenvalue weighted by atomic mass is 9.94. The van der Waals surface area contributed by atoms with Crippen LogP contribution in [-0.2, 0) is 0 Å². The van der Waals surface area contributed by atoms with E-state index in [9.17, 15) is 9.50 Å². The highest BCUT2D eigenvalue weighted by atomic mass is 19.1. The number of ether oxygens (including phenoxy) is 1. The monoisotopic (exact) mass is 593 g/mol. The fourth-order valence-electron chi connectivity index (χ4n) is 7.65. The number of piperidine rings is 1. The molecule has 4 aliphatic rings. The number of H-pyrrole nitrogens is 1. The Morgan fingerprint density at radius 2 is 1.95 bits per heavy atom. The van der Waals surface area contributed by atoms with E-state index in [1.54, 1.807) is 13.1 Å². The number of hydrogen-bond acceptors (Lipinski definition) is 8. The van der Waals surface area contributed by atoms with Crippen molar-refractivity contribution in [1.82, 2.24) is 30.0 Å². The van der Waals surface area contributed by atoms with Crippen molar-refractivity contribution in [2.45, 2.75) is 75.1 Å². The molecule has 4 fully saturated rings. The van der Waals surface area contributed by atoms with E-state index in [4.69, 9.17) is 9.72 Å². The summed E-state index contributed by atoms with van der Waals surface area (Å²) >= 11 is 0. The van der Waals surface area contributed by atoms with Gasteiger partial charge >= 0.3 is 6.01 Å². The third-order valence-electron chi connectivity index (χ3n) is 9.81. The maximum atomic E-state index is 16.8. The lowest BCUT2D eigenvalue weighted by Gasteiger charge is -2.38. The Kier molecular flexibility index (Phi) is 6.14. The maximum absolute atomic E-state index is 16.8. The van der Waals surface area contributed by atoms with Crippen molar-refractivity contribution in [3.63, 3.8) is 0 Å². The summed E-state index contributed by atoms with van der Waals surface area (Å²) in [5.74, 6) is -0.707. The number of benzene rings is 1. The zero-order valence-electron chi connectivity index (χ0n) is 24.0. The van der Waals surface area contributed by atoms with Gasteiger partial charge in [-0.15, -0.1) is 0 Å². The van der Waals surface area contributed by atoms with Crippen molar-refractivity contribution in [2.24, 2.45) is 0 Å². The molecule has 3 atom stereocenters. The number of pyridine rings is 1. The van der Waals surface area contributed by atoms with Gasteiger partial charge in [-0.05, 0) is 64.0 Å². The van der Waals surface area contributed by atoms with Gasteiger partial charge in [-0.2, -0.15) is 15.1 Å². The van der Waals surface area contributed by atoms with Gasteiger partial charge in [0.2, 0.25) is 0 Å². The number of rotatable bonds is 6. The zero-order chi connectivity index (χ0) is 29.5. The van der Waals surface area contributed by atoms with Crippen LogP contribution in [0.2, 0.25) is 0 Å². The largest absolute Gasteiger partial charge is 0.461 e. The molecule has 0 unspecified atom stereocenters. The first-order valence-electron chi connectivity index (χ1n) is 15.2. The van der Waals surface area contributed by atoms with Gasteiger partial charge in [0.1, 0.15) is 35.6 Å². The number of anilines is 1. The summed E-state index contributed by atoms with van der Waals surface area (Å²) in [7, 11) is 0. The summed E-state index contributed by atoms with van der Waals surface area (Å²) in [6.45, 7) is 4.09. The molecule has 1 aliphatic carbocycles. The minimum atomic E-state index is -0.945. The number of fused-ring (bicyclic) bond motifs is 3. The normalized spacial score (nSPS) is 27.8. The second kappa shape index (κ2) is 9.75. The van der Waals surface area contributed by atoms with E-state index in [0.717, 1.165) is 38.6 Å². The number of alkyl halides is 1. The van der Waals surface area contributed by atoms with Gasteiger partial charge in [0.05, 0.1) is 28.2 Å². The van der Waals surface area contributed by atoms with Crippen molar-refractivity contribution in [3.8, 4) is 17.3 Å². The standard InChI is InChI=1S/C31H34F3N7O2/c1-30(42)6-2-8-40(15-30)28-20-12-35-27(24-19-13-36-39-22(19)10-21(33)23(24)17-4-5-17)25(34)26(20)37-29(38-28)43-16-31-7-3-9-41(31)14-18(32)11-31/h10,12-13,17-18,42H,2-9,11,14-16H2,1H3,(H,36,39)/t18-,30-,31+/m1/s1. The fraction of sp³-hybridized carbons (Fsp3) is 0.548. The molecule has 0 amide bonds. The molecule has 3 aliphatic heterocycles. The number of aromatic nitrogens is 5. The fourth-order valence-corrected chi connectivity index (χ4v) is 7.65. The van der Waals surface area contributed by atoms with Crippen LogP contribution in [0.3, 0.4) is 0 Å². The van der Waals surface area contributed by atoms with Crippen LogP contribution >= 0.6 is 0 Å². The van der Waals surface area contributed by atoms with Gasteiger partial charge in [-0.3, -0.25) is 15.0 Å². The molecule has 12 heteroatoms. The van der Waals surface area contributed by atoms with Gasteiger partial charge in [-0.1, -0.05) is 0 Å². The number of nitrogens with zero attached hydrogens (tertiary/aromatic N) is 6. The summed E-state index contributed by atoms with van der Waals surface area (Å²) in [5, 5.41) is 18.7. The molecule has 9 nitrogen and oxygen atoms in total. The Balaban J connectivity index is 1.27. The molecule has 226 valence electrons. The van der Waals surface area contributed by atoms with Crippen molar-refractivity contribution in [2.75, 3.05) is 37.7 Å². The Bertz CT molecular complexity index is 1740. The van der Waals surface area contributed by atoms with Crippen molar-refractivity contribution >= 4 is 27.6 Å². The molecule has 2 N–H and O–H groups in total. The van der Waals surface area contributed by atoms with E-state index < -0.39 is 28.9 Å². The van der Waals surface area contributed by atoms with Crippen molar-refractivity contribution in [1.29, 1.82) is 0 Å². The number of hydrogen-bond donors (Lipinski definition) is 2. The van der Waals surface area contributed by atoms with Crippen LogP contribution in [0.5, 0.6) is 6.01 Å². The van der Waals surface area contributed by atoms with Gasteiger partial charge < -0.3 is 14.7 Å². The zero-order valence-corrected chi connectivity index (χ0v) is 24.0. The topological polar surface area (TPSA) is 103 Å². The van der Waals surface area contributed by atoms with E-state index in [1.807, 2.05) is 4.90 Å². The number of halogens is 3. The predicted molar refractivity (Wildman–Crippen MR) is 155 cm³/mol. The molecule has 8 rings (SSSR count). The van der Waals surface area contributed by atoms with Crippen LogP contribution in [0.15, 0.2) is 18.5 Å². The lowest BCUT2D eigenvalue weighted by Crippen LogP contribution is -2.46. The van der Waals surface area contributed by atoms with Crippen LogP contribution in [-0.4, -0.2) is 85.3 Å². The van der Waals surface area contributed by atoms with Crippen LogP contribution in [0.4, 0.5) is 19.0 Å². The molecular formula is C31H34F3N7O2. The number of nitrogens with one attached hydrogen (secondary N) is 1. The van der Waals surface area contributed by atoms with Gasteiger partial charge in [-0.25, -0.2) is 13.2 Å². The molecule has 3 aromatic heterocycles. The van der Waals surface area contributed by atoms with Gasteiger partial charge in [0, 0.05) is 48.8 Å². The quantitative estimate of drug-likeness (QED) is 0.321. The van der Waals surface area contributed by atoms with Crippen LogP contribution in [0, 0.1) is 11.6 Å². The summed E-state index contributed by atoms with van der Waals surface area (Å²) in [6.07, 6.45) is 7.36. The highest BCUT2D eigenvalue weighted by Crippen LogP contribution is 2.49. The molecule has 6 heterocycles. The maximum Gasteiger partial charge on any atom is 0.319 e. The van der Waals surface area contributed by atoms with Crippen LogP contribution in [0.25, 0.3) is 33.1 Å². The molecule has 3 saturated heterocycles. The highest BCUT2D eigenvalue weighted by molar-refractivity contribution is 5.99. The van der Waals surface area contributed by atoms with Crippen LogP contribution in [0.1, 0.15) is 63.4 Å². The lowest BCUT2D eigenvalue weighted by molar-refractivity contribution is 0.0447. The molecule has 43 heavy (non-hydrogen) atoms. The molecule has 0 spiro atoms. The smallest absolute Gasteiger partial charge is 0.319 e. The Hall–Kier alpha value is -3.51. The molecular weight excluding hydrogens is 559 g/mol. The molecule has 4 aromatic rings. The van der Waals surface area contributed by atoms with Crippen molar-refractivity contribution in [3.05, 3.63) is 35.7 Å². The summed E-state index contributed by atoms with van der Waals surface area (Å²) in [6, 6.07) is 1.39. The molecule has 1 aromatic carbocycles. The first kappa shape index (κ1) is 27.1. The van der Waals surface area contributed by atoms with E-state index in [2.05, 4.69) is 25.1 Å². The average molecular weight is 594 g/mol. The molecule has 0 bridgehead atoms. The Labute approximate surface area is 246 Å². The highest BCUT2D eigenvalue weighted by Gasteiger charge is 2.49. The second-order valence-electron chi connectivity index (χ2n) is 13.2. The Morgan fingerprint density at radius 3 is 2.77 bits per heavy atom. The van der Waals surface area contributed by atoms with E-state index in [-0.39, 0.29) is 29.7 Å². The summed E-state index contributed by atoms with van der Waals surface area (Å²) < 4.78 is 52.8. The molecule has 0 radical (unpaired) electrons. The minimum absolute atomic E-state index is 0.00170. The molecule has 1 saturated carbocycles. The predicted octanol–water partition coefficient (Wildman–Crippen LogP) is 5.03. The van der Waals surface area contributed by atoms with E-state index in [0.29, 0.717) is 65.7 Å². The first-order valence-corrected chi connectivity index (χ1v) is 15.2. The van der Waals surface area contributed by atoms with Crippen molar-refractivity contribution < 1.29 is 23.0 Å². The van der Waals surface area contributed by atoms with E-state index >= 15 is 8.78 Å². The average Bonchev–Trinajstić information content (AvgIpc) is 3.43.